The molecule has 1 heterocycles. The highest BCUT2D eigenvalue weighted by molar-refractivity contribution is 7.91. The lowest BCUT2D eigenvalue weighted by Crippen LogP contribution is -2.35. The minimum Gasteiger partial charge on any atom is -0.493 e. The Morgan fingerprint density at radius 2 is 1.64 bits per heavy atom. The topological polar surface area (TPSA) is 104 Å². The second-order valence-corrected chi connectivity index (χ2v) is 9.36. The van der Waals surface area contributed by atoms with E-state index in [9.17, 15) is 18.0 Å². The molecular weight excluding hydrogens is 444 g/mol. The highest BCUT2D eigenvalue weighted by Gasteiger charge is 2.27. The van der Waals surface area contributed by atoms with E-state index in [-0.39, 0.29) is 22.1 Å². The lowest BCUT2D eigenvalue weighted by atomic mass is 10.2. The number of hydrogen-bond acceptors (Lipinski definition) is 6. The number of carbonyl (C=O) groups is 1. The number of nitrogens with one attached hydrogen (secondary N) is 1. The summed E-state index contributed by atoms with van der Waals surface area (Å²) in [4.78, 5) is 25.3. The average Bonchev–Trinajstić information content (AvgIpc) is 2.80. The number of ether oxygens (including phenoxy) is 2. The highest BCUT2D eigenvalue weighted by atomic mass is 32.2. The molecule has 0 aliphatic rings. The van der Waals surface area contributed by atoms with Gasteiger partial charge in [0.15, 0.2) is 11.5 Å². The van der Waals surface area contributed by atoms with Crippen LogP contribution in [0.25, 0.3) is 0 Å². The molecule has 174 valence electrons. The summed E-state index contributed by atoms with van der Waals surface area (Å²) < 4.78 is 38.3. The van der Waals surface area contributed by atoms with Gasteiger partial charge in [0.1, 0.15) is 11.4 Å². The van der Waals surface area contributed by atoms with E-state index in [0.29, 0.717) is 23.6 Å². The van der Waals surface area contributed by atoms with Crippen molar-refractivity contribution in [1.29, 1.82) is 0 Å². The van der Waals surface area contributed by atoms with Crippen LogP contribution in [0.4, 0.5) is 0 Å². The quantitative estimate of drug-likeness (QED) is 0.543. The first-order valence-corrected chi connectivity index (χ1v) is 11.7. The summed E-state index contributed by atoms with van der Waals surface area (Å²) in [7, 11) is -1.35. The van der Waals surface area contributed by atoms with Crippen LogP contribution in [0, 0.1) is 13.8 Å². The number of nitrogens with zero attached hydrogens (tertiary/aromatic N) is 1. The van der Waals surface area contributed by atoms with Gasteiger partial charge >= 0.3 is 0 Å². The molecule has 0 fully saturated rings. The number of aromatic nitrogens is 1. The molecular formula is C24H26N2O6S. The van der Waals surface area contributed by atoms with Crippen molar-refractivity contribution >= 4 is 15.7 Å². The number of carbonyl (C=O) groups excluding carboxylic acids is 1. The van der Waals surface area contributed by atoms with Crippen molar-refractivity contribution in [3.8, 4) is 11.5 Å². The fraction of sp³-hybridized carbons (Fsp3) is 0.250. The van der Waals surface area contributed by atoms with Gasteiger partial charge in [-0.05, 0) is 43.2 Å². The molecule has 0 saturated carbocycles. The lowest BCUT2D eigenvalue weighted by Gasteiger charge is -2.16. The minimum atomic E-state index is -4.19. The molecule has 2 aromatic carbocycles. The Labute approximate surface area is 192 Å². The molecule has 0 unspecified atom stereocenters. The van der Waals surface area contributed by atoms with Gasteiger partial charge in [-0.2, -0.15) is 0 Å². The molecule has 0 aliphatic heterocycles. The van der Waals surface area contributed by atoms with Crippen molar-refractivity contribution in [3.05, 3.63) is 81.8 Å². The third kappa shape index (κ3) is 5.09. The number of methoxy groups -OCH3 is 2. The van der Waals surface area contributed by atoms with Gasteiger partial charge in [0, 0.05) is 18.3 Å². The summed E-state index contributed by atoms with van der Waals surface area (Å²) in [5.41, 5.74) is 0.944. The molecule has 0 saturated heterocycles. The first kappa shape index (κ1) is 24.1. The van der Waals surface area contributed by atoms with Gasteiger partial charge in [-0.3, -0.25) is 9.59 Å². The van der Waals surface area contributed by atoms with Crippen LogP contribution in [-0.4, -0.2) is 33.1 Å². The third-order valence-corrected chi connectivity index (χ3v) is 7.13. The van der Waals surface area contributed by atoms with Crippen molar-refractivity contribution in [2.45, 2.75) is 36.7 Å². The van der Waals surface area contributed by atoms with E-state index in [0.717, 1.165) is 5.56 Å². The maximum Gasteiger partial charge on any atom is 0.270 e. The highest BCUT2D eigenvalue weighted by Crippen LogP contribution is 2.32. The van der Waals surface area contributed by atoms with Crippen LogP contribution >= 0.6 is 0 Å². The van der Waals surface area contributed by atoms with E-state index in [1.54, 1.807) is 19.9 Å². The van der Waals surface area contributed by atoms with Gasteiger partial charge in [-0.1, -0.05) is 30.3 Å². The zero-order valence-corrected chi connectivity index (χ0v) is 19.7. The van der Waals surface area contributed by atoms with Gasteiger partial charge < -0.3 is 19.4 Å². The second kappa shape index (κ2) is 9.91. The second-order valence-electron chi connectivity index (χ2n) is 7.47. The van der Waals surface area contributed by atoms with Gasteiger partial charge in [0.2, 0.25) is 15.7 Å². The maximum absolute atomic E-state index is 13.4. The van der Waals surface area contributed by atoms with E-state index in [2.05, 4.69) is 5.32 Å². The summed E-state index contributed by atoms with van der Waals surface area (Å²) in [6, 6.07) is 15.1. The van der Waals surface area contributed by atoms with Crippen molar-refractivity contribution < 1.29 is 22.7 Å². The minimum absolute atomic E-state index is 0.107. The molecule has 33 heavy (non-hydrogen) atoms. The van der Waals surface area contributed by atoms with Crippen LogP contribution in [0.2, 0.25) is 0 Å². The van der Waals surface area contributed by atoms with Crippen molar-refractivity contribution in [2.24, 2.45) is 0 Å². The normalized spacial score (nSPS) is 11.2. The van der Waals surface area contributed by atoms with Crippen molar-refractivity contribution in [3.63, 3.8) is 0 Å². The molecule has 0 bridgehead atoms. The molecule has 9 heteroatoms. The fourth-order valence-electron chi connectivity index (χ4n) is 3.53. The predicted octanol–water partition coefficient (Wildman–Crippen LogP) is 2.63. The largest absolute Gasteiger partial charge is 0.493 e. The smallest absolute Gasteiger partial charge is 0.270 e. The Morgan fingerprint density at radius 1 is 0.970 bits per heavy atom. The summed E-state index contributed by atoms with van der Waals surface area (Å²) in [6.07, 6.45) is 0. The number of benzene rings is 2. The summed E-state index contributed by atoms with van der Waals surface area (Å²) in [5, 5.41) is 2.76. The number of amides is 1. The number of sulfone groups is 1. The SMILES string of the molecule is COc1ccc(S(=O)(=O)c2c(C)cc(C)n(CC(=O)NCc3ccccc3)c2=O)cc1OC. The summed E-state index contributed by atoms with van der Waals surface area (Å²) in [5.74, 6) is 0.191. The van der Waals surface area contributed by atoms with Crippen molar-refractivity contribution in [2.75, 3.05) is 14.2 Å². The van der Waals surface area contributed by atoms with Crippen molar-refractivity contribution in [1.82, 2.24) is 9.88 Å². The Kier molecular flexibility index (Phi) is 7.23. The first-order chi connectivity index (χ1) is 15.7. The molecule has 3 rings (SSSR count). The number of hydrogen-bond donors (Lipinski definition) is 1. The third-order valence-electron chi connectivity index (χ3n) is 5.22. The molecule has 0 atom stereocenters. The summed E-state index contributed by atoms with van der Waals surface area (Å²) >= 11 is 0. The van der Waals surface area contributed by atoms with Crippen LogP contribution in [-0.2, 0) is 27.7 Å². The van der Waals surface area contributed by atoms with Gasteiger partial charge in [0.25, 0.3) is 5.56 Å². The van der Waals surface area contributed by atoms with Gasteiger partial charge in [-0.25, -0.2) is 8.42 Å². The molecule has 0 aliphatic carbocycles. The Bertz CT molecular complexity index is 1330. The molecule has 0 radical (unpaired) electrons. The zero-order chi connectivity index (χ0) is 24.2. The molecule has 1 aromatic heterocycles. The molecule has 0 spiro atoms. The van der Waals surface area contributed by atoms with Crippen LogP contribution in [0.1, 0.15) is 16.8 Å². The van der Waals surface area contributed by atoms with Crippen LogP contribution in [0.15, 0.2) is 69.2 Å². The van der Waals surface area contributed by atoms with E-state index in [4.69, 9.17) is 9.47 Å². The zero-order valence-electron chi connectivity index (χ0n) is 18.9. The van der Waals surface area contributed by atoms with E-state index >= 15 is 0 Å². The Morgan fingerprint density at radius 3 is 2.27 bits per heavy atom. The molecule has 1 amide bonds. The van der Waals surface area contributed by atoms with Gasteiger partial charge in [-0.15, -0.1) is 0 Å². The monoisotopic (exact) mass is 470 g/mol. The predicted molar refractivity (Wildman–Crippen MR) is 123 cm³/mol. The standard InChI is InChI=1S/C24H26N2O6S/c1-16-12-17(2)26(15-22(27)25-14-18-8-6-5-7-9-18)24(28)23(16)33(29,30)19-10-11-20(31-3)21(13-19)32-4/h5-13H,14-15H2,1-4H3,(H,25,27). The fourth-order valence-corrected chi connectivity index (χ4v) is 5.10. The van der Waals surface area contributed by atoms with E-state index < -0.39 is 21.3 Å². The number of pyridine rings is 1. The number of rotatable bonds is 8. The van der Waals surface area contributed by atoms with E-state index in [1.807, 2.05) is 30.3 Å². The molecule has 8 nitrogen and oxygen atoms in total. The van der Waals surface area contributed by atoms with E-state index in [1.165, 1.54) is 37.0 Å². The van der Waals surface area contributed by atoms with Gasteiger partial charge in [0.05, 0.1) is 19.1 Å². The number of aryl methyl sites for hydroxylation is 2. The Balaban J connectivity index is 1.96. The molecule has 1 N–H and O–H groups in total. The van der Waals surface area contributed by atoms with Crippen LogP contribution in [0.5, 0.6) is 11.5 Å². The first-order valence-electron chi connectivity index (χ1n) is 10.2. The Hall–Kier alpha value is -3.59. The van der Waals surface area contributed by atoms with Crippen LogP contribution in [0.3, 0.4) is 0 Å². The summed E-state index contributed by atoms with van der Waals surface area (Å²) in [6.45, 7) is 3.22. The molecule has 3 aromatic rings. The maximum atomic E-state index is 13.4. The lowest BCUT2D eigenvalue weighted by molar-refractivity contribution is -0.121. The average molecular weight is 471 g/mol. The van der Waals surface area contributed by atoms with Crippen LogP contribution < -0.4 is 20.3 Å².